The SMILES string of the molecule is Cc1nn(-c2ccc(F)cc2)c2nc(N3CCC(NC(=O)c4ccc(Cl)cc4)CC3)sc12. The van der Waals surface area contributed by atoms with Crippen molar-refractivity contribution in [2.24, 2.45) is 0 Å². The molecule has 0 bridgehead atoms. The summed E-state index contributed by atoms with van der Waals surface area (Å²) in [5, 5.41) is 9.26. The average Bonchev–Trinajstić information content (AvgIpc) is 3.36. The second-order valence-corrected chi connectivity index (χ2v) is 9.28. The largest absolute Gasteiger partial charge is 0.349 e. The second-order valence-electron chi connectivity index (χ2n) is 7.86. The second kappa shape index (κ2) is 8.52. The van der Waals surface area contributed by atoms with Crippen LogP contribution in [-0.4, -0.2) is 39.8 Å². The molecule has 32 heavy (non-hydrogen) atoms. The number of amides is 1. The molecule has 1 aliphatic heterocycles. The number of nitrogens with one attached hydrogen (secondary N) is 1. The Hall–Kier alpha value is -2.97. The summed E-state index contributed by atoms with van der Waals surface area (Å²) in [5.74, 6) is -0.353. The van der Waals surface area contributed by atoms with E-state index in [1.54, 1.807) is 52.4 Å². The van der Waals surface area contributed by atoms with Gasteiger partial charge in [-0.05, 0) is 68.3 Å². The van der Waals surface area contributed by atoms with Crippen molar-refractivity contribution in [1.82, 2.24) is 20.1 Å². The van der Waals surface area contributed by atoms with E-state index in [1.165, 1.54) is 12.1 Å². The molecule has 3 heterocycles. The maximum atomic E-state index is 13.3. The summed E-state index contributed by atoms with van der Waals surface area (Å²) in [6, 6.07) is 13.3. The summed E-state index contributed by atoms with van der Waals surface area (Å²) in [5.41, 5.74) is 3.08. The molecule has 164 valence electrons. The summed E-state index contributed by atoms with van der Waals surface area (Å²) >= 11 is 7.52. The molecule has 0 atom stereocenters. The number of aryl methyl sites for hydroxylation is 1. The fraction of sp³-hybridized carbons (Fsp3) is 0.261. The van der Waals surface area contributed by atoms with E-state index < -0.39 is 0 Å². The minimum absolute atomic E-state index is 0.0740. The number of hydrogen-bond donors (Lipinski definition) is 1. The molecule has 0 unspecified atom stereocenters. The summed E-state index contributed by atoms with van der Waals surface area (Å²) in [6.45, 7) is 3.58. The Morgan fingerprint density at radius 1 is 1.12 bits per heavy atom. The quantitative estimate of drug-likeness (QED) is 0.457. The minimum Gasteiger partial charge on any atom is -0.349 e. The third-order valence-corrected chi connectivity index (χ3v) is 7.12. The predicted octanol–water partition coefficient (Wildman–Crippen LogP) is 4.98. The summed E-state index contributed by atoms with van der Waals surface area (Å²) in [6.07, 6.45) is 1.69. The summed E-state index contributed by atoms with van der Waals surface area (Å²) < 4.78 is 16.1. The Bertz CT molecular complexity index is 1260. The highest BCUT2D eigenvalue weighted by Crippen LogP contribution is 2.33. The first-order chi connectivity index (χ1) is 15.5. The lowest BCUT2D eigenvalue weighted by molar-refractivity contribution is 0.0931. The normalized spacial score (nSPS) is 14.8. The van der Waals surface area contributed by atoms with Crippen LogP contribution in [0.3, 0.4) is 0 Å². The molecule has 4 aromatic rings. The van der Waals surface area contributed by atoms with Crippen LogP contribution in [0.1, 0.15) is 28.9 Å². The highest BCUT2D eigenvalue weighted by Gasteiger charge is 2.25. The fourth-order valence-corrected chi connectivity index (χ4v) is 5.07. The Labute approximate surface area is 193 Å². The lowest BCUT2D eigenvalue weighted by atomic mass is 10.0. The number of hydrogen-bond acceptors (Lipinski definition) is 5. The molecule has 0 spiro atoms. The van der Waals surface area contributed by atoms with Crippen molar-refractivity contribution in [2.75, 3.05) is 18.0 Å². The van der Waals surface area contributed by atoms with Gasteiger partial charge in [0.2, 0.25) is 0 Å². The number of carbonyl (C=O) groups excluding carboxylic acids is 1. The lowest BCUT2D eigenvalue weighted by Gasteiger charge is -2.32. The van der Waals surface area contributed by atoms with Crippen LogP contribution >= 0.6 is 22.9 Å². The summed E-state index contributed by atoms with van der Waals surface area (Å²) in [4.78, 5) is 19.6. The van der Waals surface area contributed by atoms with Crippen LogP contribution in [0.5, 0.6) is 0 Å². The van der Waals surface area contributed by atoms with Crippen molar-refractivity contribution >= 4 is 44.3 Å². The molecule has 5 rings (SSSR count). The standard InChI is InChI=1S/C23H21ClFN5OS/c1-14-20-21(30(28-14)19-8-6-17(25)7-9-19)27-23(32-20)29-12-10-18(11-13-29)26-22(31)15-2-4-16(24)5-3-15/h2-9,18H,10-13H2,1H3,(H,26,31). The van der Waals surface area contributed by atoms with Gasteiger partial charge >= 0.3 is 0 Å². The van der Waals surface area contributed by atoms with Crippen molar-refractivity contribution in [2.45, 2.75) is 25.8 Å². The number of aromatic nitrogens is 3. The molecule has 1 N–H and O–H groups in total. The number of nitrogens with zero attached hydrogens (tertiary/aromatic N) is 4. The number of carbonyl (C=O) groups is 1. The van der Waals surface area contributed by atoms with Crippen LogP contribution in [0.15, 0.2) is 48.5 Å². The van der Waals surface area contributed by atoms with Gasteiger partial charge in [0.15, 0.2) is 10.8 Å². The van der Waals surface area contributed by atoms with Gasteiger partial charge in [-0.15, -0.1) is 0 Å². The van der Waals surface area contributed by atoms with Gasteiger partial charge in [0.25, 0.3) is 5.91 Å². The molecule has 9 heteroatoms. The lowest BCUT2D eigenvalue weighted by Crippen LogP contribution is -2.44. The maximum Gasteiger partial charge on any atom is 0.251 e. The molecular formula is C23H21ClFN5OS. The van der Waals surface area contributed by atoms with Crippen molar-refractivity contribution in [3.05, 3.63) is 70.6 Å². The molecule has 0 saturated carbocycles. The van der Waals surface area contributed by atoms with Gasteiger partial charge in [-0.1, -0.05) is 22.9 Å². The summed E-state index contributed by atoms with van der Waals surface area (Å²) in [7, 11) is 0. The maximum absolute atomic E-state index is 13.3. The van der Waals surface area contributed by atoms with Crippen LogP contribution in [0.4, 0.5) is 9.52 Å². The van der Waals surface area contributed by atoms with Crippen molar-refractivity contribution < 1.29 is 9.18 Å². The van der Waals surface area contributed by atoms with Crippen LogP contribution in [0, 0.1) is 12.7 Å². The number of benzene rings is 2. The zero-order valence-electron chi connectivity index (χ0n) is 17.4. The Kier molecular flexibility index (Phi) is 5.57. The third-order valence-electron chi connectivity index (χ3n) is 5.66. The first kappa shape index (κ1) is 20.9. The Morgan fingerprint density at radius 2 is 1.81 bits per heavy atom. The first-order valence-corrected chi connectivity index (χ1v) is 11.6. The molecule has 6 nitrogen and oxygen atoms in total. The van der Waals surface area contributed by atoms with E-state index in [4.69, 9.17) is 16.6 Å². The molecule has 1 amide bonds. The number of piperidine rings is 1. The topological polar surface area (TPSA) is 63.1 Å². The van der Waals surface area contributed by atoms with Gasteiger partial charge in [-0.3, -0.25) is 4.79 Å². The van der Waals surface area contributed by atoms with E-state index in [0.29, 0.717) is 10.6 Å². The zero-order valence-corrected chi connectivity index (χ0v) is 19.0. The van der Waals surface area contributed by atoms with E-state index in [-0.39, 0.29) is 17.8 Å². The number of rotatable bonds is 4. The van der Waals surface area contributed by atoms with Crippen LogP contribution in [-0.2, 0) is 0 Å². The molecule has 0 radical (unpaired) electrons. The van der Waals surface area contributed by atoms with E-state index in [2.05, 4.69) is 15.3 Å². The number of anilines is 1. The van der Waals surface area contributed by atoms with Gasteiger partial charge in [-0.25, -0.2) is 9.07 Å². The molecule has 1 saturated heterocycles. The molecular weight excluding hydrogens is 449 g/mol. The van der Waals surface area contributed by atoms with Gasteiger partial charge in [-0.2, -0.15) is 10.1 Å². The minimum atomic E-state index is -0.279. The van der Waals surface area contributed by atoms with Crippen molar-refractivity contribution in [3.8, 4) is 5.69 Å². The van der Waals surface area contributed by atoms with Crippen molar-refractivity contribution in [1.29, 1.82) is 0 Å². The average molecular weight is 470 g/mol. The zero-order chi connectivity index (χ0) is 22.2. The van der Waals surface area contributed by atoms with E-state index >= 15 is 0 Å². The molecule has 1 fully saturated rings. The van der Waals surface area contributed by atoms with Gasteiger partial charge in [0.1, 0.15) is 5.82 Å². The molecule has 2 aromatic carbocycles. The molecule has 1 aliphatic rings. The van der Waals surface area contributed by atoms with Gasteiger partial charge in [0.05, 0.1) is 16.1 Å². The molecule has 0 aliphatic carbocycles. The number of thiazole rings is 1. The van der Waals surface area contributed by atoms with Gasteiger partial charge in [0, 0.05) is 29.7 Å². The van der Waals surface area contributed by atoms with Gasteiger partial charge < -0.3 is 10.2 Å². The smallest absolute Gasteiger partial charge is 0.251 e. The fourth-order valence-electron chi connectivity index (χ4n) is 3.91. The van der Waals surface area contributed by atoms with E-state index in [9.17, 15) is 9.18 Å². The third kappa shape index (κ3) is 4.08. The van der Waals surface area contributed by atoms with Crippen molar-refractivity contribution in [3.63, 3.8) is 0 Å². The van der Waals surface area contributed by atoms with E-state index in [1.807, 2.05) is 6.92 Å². The Morgan fingerprint density at radius 3 is 2.50 bits per heavy atom. The van der Waals surface area contributed by atoms with Crippen LogP contribution in [0.25, 0.3) is 16.0 Å². The van der Waals surface area contributed by atoms with E-state index in [0.717, 1.165) is 52.8 Å². The highest BCUT2D eigenvalue weighted by molar-refractivity contribution is 7.22. The Balaban J connectivity index is 1.28. The van der Waals surface area contributed by atoms with Crippen LogP contribution < -0.4 is 10.2 Å². The predicted molar refractivity (Wildman–Crippen MR) is 126 cm³/mol. The molecule has 2 aromatic heterocycles. The number of halogens is 2. The van der Waals surface area contributed by atoms with Crippen LogP contribution in [0.2, 0.25) is 5.02 Å². The highest BCUT2D eigenvalue weighted by atomic mass is 35.5. The number of fused-ring (bicyclic) bond motifs is 1. The first-order valence-electron chi connectivity index (χ1n) is 10.4. The monoisotopic (exact) mass is 469 g/mol.